The minimum absolute atomic E-state index is 0.267. The van der Waals surface area contributed by atoms with Gasteiger partial charge in [-0.15, -0.1) is 5.10 Å². The van der Waals surface area contributed by atoms with Crippen LogP contribution in [0.15, 0.2) is 28.9 Å². The highest BCUT2D eigenvalue weighted by Crippen LogP contribution is 2.17. The second-order valence-electron chi connectivity index (χ2n) is 3.69. The predicted octanol–water partition coefficient (Wildman–Crippen LogP) is 1.73. The number of benzene rings is 1. The zero-order valence-electron chi connectivity index (χ0n) is 9.11. The average Bonchev–Trinajstić information content (AvgIpc) is 2.72. The van der Waals surface area contributed by atoms with Gasteiger partial charge in [0.1, 0.15) is 5.82 Å². The minimum atomic E-state index is -0.267. The number of halogens is 2. The molecule has 0 spiro atoms. The summed E-state index contributed by atoms with van der Waals surface area (Å²) in [6.45, 7) is 1.12. The molecular weight excluding hydrogens is 287 g/mol. The quantitative estimate of drug-likeness (QED) is 0.935. The standard InChI is InChI=1S/C11H12BrFN4/c12-10-5-8(1-2-11(10)13)6-17-7-9(3-4-14)15-16-17/h1-2,5,7H,3-4,6,14H2. The summed E-state index contributed by atoms with van der Waals surface area (Å²) in [5, 5.41) is 7.97. The first kappa shape index (κ1) is 12.2. The van der Waals surface area contributed by atoms with E-state index in [1.54, 1.807) is 16.8 Å². The maximum absolute atomic E-state index is 13.0. The van der Waals surface area contributed by atoms with Crippen molar-refractivity contribution in [1.82, 2.24) is 15.0 Å². The molecule has 0 bridgehead atoms. The molecule has 2 rings (SSSR count). The van der Waals surface area contributed by atoms with Gasteiger partial charge in [0, 0.05) is 12.6 Å². The van der Waals surface area contributed by atoms with Gasteiger partial charge in [0.2, 0.25) is 0 Å². The Morgan fingerprint density at radius 2 is 2.24 bits per heavy atom. The van der Waals surface area contributed by atoms with Crippen LogP contribution in [0, 0.1) is 5.82 Å². The Bertz CT molecular complexity index is 512. The van der Waals surface area contributed by atoms with Crippen molar-refractivity contribution < 1.29 is 4.39 Å². The fraction of sp³-hybridized carbons (Fsp3) is 0.273. The molecule has 90 valence electrons. The Morgan fingerprint density at radius 1 is 1.41 bits per heavy atom. The number of rotatable bonds is 4. The summed E-state index contributed by atoms with van der Waals surface area (Å²) in [7, 11) is 0. The molecule has 0 fully saturated rings. The lowest BCUT2D eigenvalue weighted by atomic mass is 10.2. The van der Waals surface area contributed by atoms with Crippen molar-refractivity contribution >= 4 is 15.9 Å². The molecular formula is C11H12BrFN4. The second kappa shape index (κ2) is 5.37. The number of nitrogens with zero attached hydrogens (tertiary/aromatic N) is 3. The van der Waals surface area contributed by atoms with E-state index in [9.17, 15) is 4.39 Å². The first-order chi connectivity index (χ1) is 8.19. The Kier molecular flexibility index (Phi) is 3.86. The largest absolute Gasteiger partial charge is 0.330 e. The number of nitrogens with two attached hydrogens (primary N) is 1. The summed E-state index contributed by atoms with van der Waals surface area (Å²) in [4.78, 5) is 0. The summed E-state index contributed by atoms with van der Waals surface area (Å²) in [6, 6.07) is 4.89. The normalized spacial score (nSPS) is 10.8. The monoisotopic (exact) mass is 298 g/mol. The summed E-state index contributed by atoms with van der Waals surface area (Å²) in [5.41, 5.74) is 7.26. The van der Waals surface area contributed by atoms with Gasteiger partial charge in [0.15, 0.2) is 0 Å². The molecule has 0 aliphatic rings. The van der Waals surface area contributed by atoms with Gasteiger partial charge in [-0.25, -0.2) is 9.07 Å². The first-order valence-corrected chi connectivity index (χ1v) is 6.01. The van der Waals surface area contributed by atoms with Crippen LogP contribution < -0.4 is 5.73 Å². The van der Waals surface area contributed by atoms with E-state index in [4.69, 9.17) is 5.73 Å². The van der Waals surface area contributed by atoms with Crippen molar-refractivity contribution in [2.24, 2.45) is 5.73 Å². The topological polar surface area (TPSA) is 56.7 Å². The molecule has 0 aliphatic carbocycles. The third-order valence-corrected chi connectivity index (χ3v) is 2.92. The molecule has 1 aromatic heterocycles. The molecule has 0 radical (unpaired) electrons. The van der Waals surface area contributed by atoms with Gasteiger partial charge in [-0.3, -0.25) is 0 Å². The molecule has 2 aromatic rings. The van der Waals surface area contributed by atoms with Crippen molar-refractivity contribution in [3.8, 4) is 0 Å². The van der Waals surface area contributed by atoms with Gasteiger partial charge in [-0.2, -0.15) is 0 Å². The zero-order valence-corrected chi connectivity index (χ0v) is 10.7. The third-order valence-electron chi connectivity index (χ3n) is 2.32. The second-order valence-corrected chi connectivity index (χ2v) is 4.55. The smallest absolute Gasteiger partial charge is 0.137 e. The van der Waals surface area contributed by atoms with Crippen molar-refractivity contribution in [3.63, 3.8) is 0 Å². The fourth-order valence-corrected chi connectivity index (χ4v) is 1.93. The SMILES string of the molecule is NCCc1cn(Cc2ccc(F)c(Br)c2)nn1. The number of hydrogen-bond acceptors (Lipinski definition) is 3. The van der Waals surface area contributed by atoms with Gasteiger partial charge in [-0.05, 0) is 40.2 Å². The van der Waals surface area contributed by atoms with Crippen LogP contribution in [0.25, 0.3) is 0 Å². The van der Waals surface area contributed by atoms with Gasteiger partial charge < -0.3 is 5.73 Å². The minimum Gasteiger partial charge on any atom is -0.330 e. The average molecular weight is 299 g/mol. The lowest BCUT2D eigenvalue weighted by molar-refractivity contribution is 0.615. The van der Waals surface area contributed by atoms with Gasteiger partial charge >= 0.3 is 0 Å². The van der Waals surface area contributed by atoms with Crippen LogP contribution >= 0.6 is 15.9 Å². The van der Waals surface area contributed by atoms with E-state index < -0.39 is 0 Å². The van der Waals surface area contributed by atoms with E-state index in [2.05, 4.69) is 26.2 Å². The molecule has 0 amide bonds. The van der Waals surface area contributed by atoms with Crippen LogP contribution in [0.1, 0.15) is 11.3 Å². The lowest BCUT2D eigenvalue weighted by Crippen LogP contribution is -2.03. The molecule has 0 unspecified atom stereocenters. The van der Waals surface area contributed by atoms with Crippen molar-refractivity contribution in [1.29, 1.82) is 0 Å². The van der Waals surface area contributed by atoms with Gasteiger partial charge in [0.05, 0.1) is 16.7 Å². The zero-order chi connectivity index (χ0) is 12.3. The highest BCUT2D eigenvalue weighted by molar-refractivity contribution is 9.10. The molecule has 1 aromatic carbocycles. The maximum Gasteiger partial charge on any atom is 0.137 e. The Morgan fingerprint density at radius 3 is 2.94 bits per heavy atom. The number of hydrogen-bond donors (Lipinski definition) is 1. The fourth-order valence-electron chi connectivity index (χ4n) is 1.50. The molecule has 4 nitrogen and oxygen atoms in total. The van der Waals surface area contributed by atoms with Gasteiger partial charge in [0.25, 0.3) is 0 Å². The van der Waals surface area contributed by atoms with Crippen LogP contribution in [0.2, 0.25) is 0 Å². The van der Waals surface area contributed by atoms with E-state index in [-0.39, 0.29) is 5.82 Å². The Hall–Kier alpha value is -1.27. The molecule has 0 saturated heterocycles. The van der Waals surface area contributed by atoms with Crippen LogP contribution in [-0.4, -0.2) is 21.5 Å². The van der Waals surface area contributed by atoms with E-state index in [0.29, 0.717) is 24.0 Å². The maximum atomic E-state index is 13.0. The lowest BCUT2D eigenvalue weighted by Gasteiger charge is -2.02. The van der Waals surface area contributed by atoms with E-state index in [1.165, 1.54) is 6.07 Å². The number of aromatic nitrogens is 3. The molecule has 6 heteroatoms. The van der Waals surface area contributed by atoms with Crippen molar-refractivity contribution in [2.75, 3.05) is 6.54 Å². The highest BCUT2D eigenvalue weighted by Gasteiger charge is 2.03. The van der Waals surface area contributed by atoms with Crippen molar-refractivity contribution in [2.45, 2.75) is 13.0 Å². The first-order valence-electron chi connectivity index (χ1n) is 5.22. The van der Waals surface area contributed by atoms with Crippen LogP contribution in [0.3, 0.4) is 0 Å². The predicted molar refractivity (Wildman–Crippen MR) is 66.0 cm³/mol. The summed E-state index contributed by atoms with van der Waals surface area (Å²) < 4.78 is 15.2. The Balaban J connectivity index is 2.11. The van der Waals surface area contributed by atoms with E-state index in [0.717, 1.165) is 11.3 Å². The van der Waals surface area contributed by atoms with Crippen LogP contribution in [0.5, 0.6) is 0 Å². The highest BCUT2D eigenvalue weighted by atomic mass is 79.9. The van der Waals surface area contributed by atoms with Gasteiger partial charge in [-0.1, -0.05) is 11.3 Å². The van der Waals surface area contributed by atoms with Crippen molar-refractivity contribution in [3.05, 3.63) is 45.9 Å². The molecule has 2 N–H and O–H groups in total. The molecule has 1 heterocycles. The molecule has 17 heavy (non-hydrogen) atoms. The molecule has 0 aliphatic heterocycles. The molecule has 0 atom stereocenters. The van der Waals surface area contributed by atoms with Crippen LogP contribution in [0.4, 0.5) is 4.39 Å². The summed E-state index contributed by atoms with van der Waals surface area (Å²) >= 11 is 3.15. The summed E-state index contributed by atoms with van der Waals surface area (Å²) in [6.07, 6.45) is 2.57. The molecule has 0 saturated carbocycles. The van der Waals surface area contributed by atoms with Crippen LogP contribution in [-0.2, 0) is 13.0 Å². The van der Waals surface area contributed by atoms with E-state index >= 15 is 0 Å². The van der Waals surface area contributed by atoms with E-state index in [1.807, 2.05) is 6.20 Å². The Labute approximate surface area is 107 Å². The summed E-state index contributed by atoms with van der Waals surface area (Å²) in [5.74, 6) is -0.267. The third kappa shape index (κ3) is 3.10.